The second kappa shape index (κ2) is 12.8. The molecule has 0 fully saturated rings. The minimum absolute atomic E-state index is 0.00906. The Kier molecular flexibility index (Phi) is 7.52. The Morgan fingerprint density at radius 1 is 0.475 bits per heavy atom. The fraction of sp³-hybridized carbons (Fsp3) is 0.143. The van der Waals surface area contributed by atoms with Crippen molar-refractivity contribution in [1.82, 2.24) is 0 Å². The van der Waals surface area contributed by atoms with Gasteiger partial charge in [-0.15, -0.1) is 0 Å². The average molecular weight is 789 g/mol. The predicted octanol–water partition coefficient (Wildman–Crippen LogP) is 14.5. The van der Waals surface area contributed by atoms with E-state index in [-0.39, 0.29) is 17.7 Å². The van der Waals surface area contributed by atoms with E-state index >= 15 is 0 Å². The number of para-hydroxylation sites is 2. The van der Waals surface area contributed by atoms with E-state index in [9.17, 15) is 0 Å². The van der Waals surface area contributed by atoms with Crippen molar-refractivity contribution in [3.63, 3.8) is 0 Å². The third kappa shape index (κ3) is 5.26. The van der Waals surface area contributed by atoms with E-state index in [4.69, 9.17) is 8.83 Å². The SMILES string of the molecule is CC(C)(C)c1ccc(N2B3c4oc5ccccc5c4N(c4ccc(C(C)(C)C)cc4-c4ccccc4)c4cc5ccccc5c(c43)-c3c2ccc2oc4ccccc4c32)cc1. The van der Waals surface area contributed by atoms with Gasteiger partial charge in [-0.2, -0.15) is 0 Å². The summed E-state index contributed by atoms with van der Waals surface area (Å²) in [5.41, 5.74) is 17.6. The molecule has 2 aliphatic heterocycles. The number of rotatable bonds is 3. The number of hydrogen-bond donors (Lipinski definition) is 0. The summed E-state index contributed by atoms with van der Waals surface area (Å²) in [7, 11) is 0. The molecule has 8 aromatic carbocycles. The van der Waals surface area contributed by atoms with Gasteiger partial charge in [-0.1, -0.05) is 145 Å². The molecule has 4 heterocycles. The molecule has 294 valence electrons. The predicted molar refractivity (Wildman–Crippen MR) is 258 cm³/mol. The van der Waals surface area contributed by atoms with Gasteiger partial charge in [0.1, 0.15) is 22.4 Å². The molecule has 2 aliphatic rings. The summed E-state index contributed by atoms with van der Waals surface area (Å²) in [5.74, 6) is 0. The molecule has 0 N–H and O–H groups in total. The quantitative estimate of drug-likeness (QED) is 0.167. The first-order valence-electron chi connectivity index (χ1n) is 21.5. The van der Waals surface area contributed by atoms with Crippen LogP contribution in [-0.4, -0.2) is 6.85 Å². The number of furan rings is 2. The average Bonchev–Trinajstić information content (AvgIpc) is 3.85. The lowest BCUT2D eigenvalue weighted by atomic mass is 9.45. The number of nitrogens with zero attached hydrogens (tertiary/aromatic N) is 2. The monoisotopic (exact) mass is 788 g/mol. The molecule has 0 spiro atoms. The Morgan fingerprint density at radius 3 is 1.84 bits per heavy atom. The highest BCUT2D eigenvalue weighted by Crippen LogP contribution is 2.54. The van der Waals surface area contributed by atoms with Crippen LogP contribution in [0.25, 0.3) is 65.9 Å². The minimum Gasteiger partial charge on any atom is -0.466 e. The Bertz CT molecular complexity index is 3400. The Balaban J connectivity index is 1.27. The molecule has 0 bridgehead atoms. The topological polar surface area (TPSA) is 32.8 Å². The van der Waals surface area contributed by atoms with Crippen molar-refractivity contribution in [3.8, 4) is 22.3 Å². The van der Waals surface area contributed by atoms with E-state index < -0.39 is 0 Å². The molecule has 0 unspecified atom stereocenters. The summed E-state index contributed by atoms with van der Waals surface area (Å²) in [6.45, 7) is 13.4. The van der Waals surface area contributed by atoms with E-state index in [2.05, 4.69) is 215 Å². The maximum absolute atomic E-state index is 7.31. The van der Waals surface area contributed by atoms with Crippen LogP contribution < -0.4 is 20.8 Å². The van der Waals surface area contributed by atoms with E-state index in [0.29, 0.717) is 0 Å². The van der Waals surface area contributed by atoms with Crippen LogP contribution in [0.15, 0.2) is 173 Å². The van der Waals surface area contributed by atoms with Gasteiger partial charge in [-0.05, 0) is 110 Å². The van der Waals surface area contributed by atoms with Gasteiger partial charge in [0, 0.05) is 44.3 Å². The van der Waals surface area contributed by atoms with Crippen LogP contribution in [0.5, 0.6) is 0 Å². The highest BCUT2D eigenvalue weighted by molar-refractivity contribution is 6.93. The van der Waals surface area contributed by atoms with Gasteiger partial charge in [-0.25, -0.2) is 0 Å². The number of hydrogen-bond acceptors (Lipinski definition) is 4. The van der Waals surface area contributed by atoms with Gasteiger partial charge in [0.2, 0.25) is 0 Å². The summed E-state index contributed by atoms with van der Waals surface area (Å²) >= 11 is 0. The summed E-state index contributed by atoms with van der Waals surface area (Å²) < 4.78 is 14.0. The molecule has 0 saturated heterocycles. The molecule has 2 aromatic heterocycles. The lowest BCUT2D eigenvalue weighted by molar-refractivity contribution is 0.590. The van der Waals surface area contributed by atoms with Crippen LogP contribution in [0, 0.1) is 0 Å². The maximum Gasteiger partial charge on any atom is 0.375 e. The van der Waals surface area contributed by atoms with E-state index in [1.54, 1.807) is 0 Å². The maximum atomic E-state index is 7.31. The lowest BCUT2D eigenvalue weighted by Gasteiger charge is -2.44. The van der Waals surface area contributed by atoms with Gasteiger partial charge in [0.15, 0.2) is 0 Å². The normalized spacial score (nSPS) is 13.6. The van der Waals surface area contributed by atoms with E-state index in [0.717, 1.165) is 67.0 Å². The van der Waals surface area contributed by atoms with Crippen LogP contribution in [0.1, 0.15) is 52.7 Å². The smallest absolute Gasteiger partial charge is 0.375 e. The number of fused-ring (bicyclic) bond motifs is 12. The van der Waals surface area contributed by atoms with Crippen molar-refractivity contribution < 1.29 is 8.83 Å². The molecule has 4 nitrogen and oxygen atoms in total. The largest absolute Gasteiger partial charge is 0.466 e. The Labute approximate surface area is 356 Å². The molecule has 0 atom stereocenters. The number of benzene rings is 8. The summed E-state index contributed by atoms with van der Waals surface area (Å²) in [5, 5.41) is 5.71. The van der Waals surface area contributed by atoms with Gasteiger partial charge in [0.25, 0.3) is 0 Å². The van der Waals surface area contributed by atoms with E-state index in [1.165, 1.54) is 49.6 Å². The Morgan fingerprint density at radius 2 is 1.10 bits per heavy atom. The molecule has 0 saturated carbocycles. The summed E-state index contributed by atoms with van der Waals surface area (Å²) in [4.78, 5) is 5.07. The van der Waals surface area contributed by atoms with Crippen LogP contribution in [0.2, 0.25) is 0 Å². The second-order valence-corrected chi connectivity index (χ2v) is 18.9. The molecule has 5 heteroatoms. The minimum atomic E-state index is -0.286. The molecule has 0 aliphatic carbocycles. The third-order valence-corrected chi connectivity index (χ3v) is 13.1. The van der Waals surface area contributed by atoms with Crippen molar-refractivity contribution in [1.29, 1.82) is 0 Å². The third-order valence-electron chi connectivity index (χ3n) is 13.1. The van der Waals surface area contributed by atoms with Gasteiger partial charge in [0.05, 0.1) is 11.4 Å². The zero-order valence-electron chi connectivity index (χ0n) is 35.4. The van der Waals surface area contributed by atoms with Crippen molar-refractivity contribution in [2.75, 3.05) is 9.71 Å². The molecule has 0 amide bonds. The number of anilines is 5. The molecular weight excluding hydrogens is 743 g/mol. The van der Waals surface area contributed by atoms with Crippen LogP contribution >= 0.6 is 0 Å². The first-order valence-corrected chi connectivity index (χ1v) is 21.5. The highest BCUT2D eigenvalue weighted by Gasteiger charge is 2.50. The first kappa shape index (κ1) is 35.9. The zero-order valence-corrected chi connectivity index (χ0v) is 35.4. The van der Waals surface area contributed by atoms with Gasteiger partial charge in [-0.3, -0.25) is 0 Å². The molecular formula is C56H45BN2O2. The fourth-order valence-corrected chi connectivity index (χ4v) is 10.1. The zero-order chi connectivity index (χ0) is 41.4. The standard InChI is InChI=1S/C56H45BN2O2/c1-55(2,3)36-24-27-38(28-25-36)59-44-30-31-48-49(40-20-12-14-22-46(40)60-48)51(44)50-39-19-11-10-18-35(39)32-45-52(50)57(59)54-53(41-21-13-15-23-47(41)61-54)58(45)43-29-26-37(56(4,5)6)33-42(43)34-16-8-7-9-17-34/h7-33H,1-6H3. The van der Waals surface area contributed by atoms with E-state index in [1.807, 2.05) is 0 Å². The van der Waals surface area contributed by atoms with Crippen molar-refractivity contribution in [3.05, 3.63) is 175 Å². The van der Waals surface area contributed by atoms with Gasteiger partial charge >= 0.3 is 6.85 Å². The van der Waals surface area contributed by atoms with Crippen LogP contribution in [-0.2, 0) is 10.8 Å². The fourth-order valence-electron chi connectivity index (χ4n) is 10.1. The molecule has 0 radical (unpaired) electrons. The summed E-state index contributed by atoms with van der Waals surface area (Å²) in [6, 6.07) is 60.0. The van der Waals surface area contributed by atoms with Crippen LogP contribution in [0.4, 0.5) is 28.4 Å². The molecule has 12 rings (SSSR count). The van der Waals surface area contributed by atoms with Crippen molar-refractivity contribution in [2.45, 2.75) is 52.4 Å². The van der Waals surface area contributed by atoms with Crippen molar-refractivity contribution >= 4 is 90.1 Å². The van der Waals surface area contributed by atoms with Crippen molar-refractivity contribution in [2.24, 2.45) is 0 Å². The molecule has 10 aromatic rings. The second-order valence-electron chi connectivity index (χ2n) is 18.9. The highest BCUT2D eigenvalue weighted by atomic mass is 16.3. The Hall–Kier alpha value is -6.98. The van der Waals surface area contributed by atoms with Crippen LogP contribution in [0.3, 0.4) is 0 Å². The lowest BCUT2D eigenvalue weighted by Crippen LogP contribution is -2.61. The first-order chi connectivity index (χ1) is 29.5. The summed E-state index contributed by atoms with van der Waals surface area (Å²) in [6.07, 6.45) is 0. The van der Waals surface area contributed by atoms with Gasteiger partial charge < -0.3 is 18.5 Å². The molecule has 61 heavy (non-hydrogen) atoms.